The molecule has 1 aromatic carbocycles. The summed E-state index contributed by atoms with van der Waals surface area (Å²) in [5.41, 5.74) is 3.52. The molecule has 130 valence electrons. The third kappa shape index (κ3) is 3.42. The van der Waals surface area contributed by atoms with E-state index in [0.29, 0.717) is 16.6 Å². The summed E-state index contributed by atoms with van der Waals surface area (Å²) in [5, 5.41) is 19.0. The summed E-state index contributed by atoms with van der Waals surface area (Å²) < 4.78 is 2.18. The molecule has 1 unspecified atom stereocenters. The highest BCUT2D eigenvalue weighted by Gasteiger charge is 2.22. The zero-order chi connectivity index (χ0) is 17.1. The molecule has 4 nitrogen and oxygen atoms in total. The highest BCUT2D eigenvalue weighted by Crippen LogP contribution is 2.37. The molecule has 0 spiro atoms. The first kappa shape index (κ1) is 17.6. The summed E-state index contributed by atoms with van der Waals surface area (Å²) in [6.45, 7) is 4.38. The van der Waals surface area contributed by atoms with Crippen LogP contribution in [0.1, 0.15) is 24.6 Å². The minimum atomic E-state index is -0.654. The van der Waals surface area contributed by atoms with Gasteiger partial charge in [-0.3, -0.25) is 0 Å². The number of fused-ring (bicyclic) bond motifs is 3. The molecule has 6 heteroatoms. The van der Waals surface area contributed by atoms with Gasteiger partial charge in [0.05, 0.1) is 22.1 Å². The van der Waals surface area contributed by atoms with Crippen molar-refractivity contribution in [2.45, 2.75) is 39.0 Å². The summed E-state index contributed by atoms with van der Waals surface area (Å²) >= 11 is 12.8. The van der Waals surface area contributed by atoms with Crippen molar-refractivity contribution in [3.63, 3.8) is 0 Å². The van der Waals surface area contributed by atoms with Gasteiger partial charge in [0, 0.05) is 24.0 Å². The maximum atomic E-state index is 10.3. The summed E-state index contributed by atoms with van der Waals surface area (Å²) in [7, 11) is 0. The standard InChI is InChI=1S/C18H23Cl2N3O/c1-2-3-8-22-16(24)11-23-14-7-10-21-9-6-12(14)17-15(23)5-4-13(19)18(17)20/h3-5,8,16,21-22,24H,2,6-7,9-11H2,1H3/b8-3+. The Morgan fingerprint density at radius 1 is 1.33 bits per heavy atom. The lowest BCUT2D eigenvalue weighted by molar-refractivity contribution is 0.134. The Kier molecular flexibility index (Phi) is 5.72. The summed E-state index contributed by atoms with van der Waals surface area (Å²) in [6, 6.07) is 3.83. The van der Waals surface area contributed by atoms with E-state index in [1.807, 2.05) is 18.2 Å². The lowest BCUT2D eigenvalue weighted by Gasteiger charge is -2.16. The third-order valence-electron chi connectivity index (χ3n) is 4.43. The Morgan fingerprint density at radius 3 is 2.92 bits per heavy atom. The molecule has 0 aliphatic carbocycles. The van der Waals surface area contributed by atoms with E-state index >= 15 is 0 Å². The lowest BCUT2D eigenvalue weighted by atomic mass is 10.1. The molecule has 0 bridgehead atoms. The van der Waals surface area contributed by atoms with Gasteiger partial charge in [-0.05, 0) is 43.3 Å². The molecule has 0 fully saturated rings. The van der Waals surface area contributed by atoms with Crippen LogP contribution < -0.4 is 10.6 Å². The van der Waals surface area contributed by atoms with E-state index in [1.54, 1.807) is 6.20 Å². The maximum Gasteiger partial charge on any atom is 0.142 e. The fourth-order valence-electron chi connectivity index (χ4n) is 3.34. The van der Waals surface area contributed by atoms with Crippen LogP contribution in [0.5, 0.6) is 0 Å². The second-order valence-corrected chi connectivity index (χ2v) is 6.82. The fraction of sp³-hybridized carbons (Fsp3) is 0.444. The van der Waals surface area contributed by atoms with E-state index in [0.717, 1.165) is 43.3 Å². The molecular weight excluding hydrogens is 345 g/mol. The Hall–Kier alpha value is -1.20. The highest BCUT2D eigenvalue weighted by molar-refractivity contribution is 6.45. The van der Waals surface area contributed by atoms with E-state index in [4.69, 9.17) is 23.2 Å². The number of allylic oxidation sites excluding steroid dienone is 1. The Labute approximate surface area is 152 Å². The van der Waals surface area contributed by atoms with Crippen molar-refractivity contribution in [3.05, 3.63) is 45.7 Å². The number of nitrogens with zero attached hydrogens (tertiary/aromatic N) is 1. The van der Waals surface area contributed by atoms with Gasteiger partial charge in [-0.1, -0.05) is 36.2 Å². The molecule has 0 saturated heterocycles. The summed E-state index contributed by atoms with van der Waals surface area (Å²) in [4.78, 5) is 0. The van der Waals surface area contributed by atoms with Crippen LogP contribution in [0.2, 0.25) is 10.0 Å². The first-order valence-electron chi connectivity index (χ1n) is 8.41. The molecule has 3 N–H and O–H groups in total. The van der Waals surface area contributed by atoms with Crippen LogP contribution in [0.15, 0.2) is 24.4 Å². The third-order valence-corrected chi connectivity index (χ3v) is 5.23. The Bertz CT molecular complexity index is 755. The molecule has 0 saturated carbocycles. The monoisotopic (exact) mass is 367 g/mol. The molecule has 3 rings (SSSR count). The van der Waals surface area contributed by atoms with Crippen LogP contribution in [0, 0.1) is 0 Å². The van der Waals surface area contributed by atoms with E-state index in [2.05, 4.69) is 22.1 Å². The van der Waals surface area contributed by atoms with Crippen LogP contribution >= 0.6 is 23.2 Å². The lowest BCUT2D eigenvalue weighted by Crippen LogP contribution is -2.29. The van der Waals surface area contributed by atoms with Gasteiger partial charge in [-0.25, -0.2) is 0 Å². The number of aromatic nitrogens is 1. The SMILES string of the molecule is CC/C=C/NC(O)Cn1c2c(c3c(Cl)c(Cl)ccc31)CCNCC2. The number of hydrogen-bond acceptors (Lipinski definition) is 3. The number of rotatable bonds is 5. The molecule has 1 aromatic heterocycles. The van der Waals surface area contributed by atoms with Crippen molar-refractivity contribution in [2.75, 3.05) is 13.1 Å². The summed E-state index contributed by atoms with van der Waals surface area (Å²) in [6.07, 6.45) is 5.89. The predicted octanol–water partition coefficient (Wildman–Crippen LogP) is 3.47. The molecule has 1 atom stereocenters. The van der Waals surface area contributed by atoms with Gasteiger partial charge >= 0.3 is 0 Å². The van der Waals surface area contributed by atoms with Crippen molar-refractivity contribution >= 4 is 34.1 Å². The number of aliphatic hydroxyl groups is 1. The molecule has 1 aliphatic heterocycles. The first-order chi connectivity index (χ1) is 11.6. The van der Waals surface area contributed by atoms with Crippen molar-refractivity contribution < 1.29 is 5.11 Å². The van der Waals surface area contributed by atoms with E-state index in [9.17, 15) is 5.11 Å². The molecule has 1 aliphatic rings. The molecule has 24 heavy (non-hydrogen) atoms. The molecular formula is C18H23Cl2N3O. The molecule has 2 aromatic rings. The van der Waals surface area contributed by atoms with Gasteiger partial charge in [0.2, 0.25) is 0 Å². The normalized spacial score (nSPS) is 16.3. The number of nitrogens with one attached hydrogen (secondary N) is 2. The zero-order valence-corrected chi connectivity index (χ0v) is 15.3. The van der Waals surface area contributed by atoms with E-state index < -0.39 is 6.23 Å². The van der Waals surface area contributed by atoms with Crippen molar-refractivity contribution in [3.8, 4) is 0 Å². The van der Waals surface area contributed by atoms with E-state index in [-0.39, 0.29) is 0 Å². The number of benzene rings is 1. The van der Waals surface area contributed by atoms with Gasteiger partial charge in [0.1, 0.15) is 6.23 Å². The van der Waals surface area contributed by atoms with Crippen LogP contribution in [0.3, 0.4) is 0 Å². The second-order valence-electron chi connectivity index (χ2n) is 6.03. The first-order valence-corrected chi connectivity index (χ1v) is 9.16. The van der Waals surface area contributed by atoms with Gasteiger partial charge in [-0.2, -0.15) is 0 Å². The minimum absolute atomic E-state index is 0.470. The van der Waals surface area contributed by atoms with Gasteiger partial charge in [0.15, 0.2) is 0 Å². The van der Waals surface area contributed by atoms with Crippen LogP contribution in [-0.2, 0) is 19.4 Å². The Morgan fingerprint density at radius 2 is 2.12 bits per heavy atom. The van der Waals surface area contributed by atoms with E-state index in [1.165, 1.54) is 11.3 Å². The average molecular weight is 368 g/mol. The summed E-state index contributed by atoms with van der Waals surface area (Å²) in [5.74, 6) is 0. The van der Waals surface area contributed by atoms with Crippen molar-refractivity contribution in [1.29, 1.82) is 0 Å². The topological polar surface area (TPSA) is 49.2 Å². The minimum Gasteiger partial charge on any atom is -0.372 e. The Balaban J connectivity index is 2.04. The molecule has 0 radical (unpaired) electrons. The second kappa shape index (κ2) is 7.79. The average Bonchev–Trinajstić information content (AvgIpc) is 2.72. The van der Waals surface area contributed by atoms with Crippen LogP contribution in [0.25, 0.3) is 10.9 Å². The van der Waals surface area contributed by atoms with Crippen molar-refractivity contribution in [1.82, 2.24) is 15.2 Å². The largest absolute Gasteiger partial charge is 0.372 e. The smallest absolute Gasteiger partial charge is 0.142 e. The van der Waals surface area contributed by atoms with Crippen molar-refractivity contribution in [2.24, 2.45) is 0 Å². The fourth-order valence-corrected chi connectivity index (χ4v) is 3.77. The van der Waals surface area contributed by atoms with Gasteiger partial charge in [0.25, 0.3) is 0 Å². The maximum absolute atomic E-state index is 10.3. The number of hydrogen-bond donors (Lipinski definition) is 3. The number of halogens is 2. The van der Waals surface area contributed by atoms with Gasteiger partial charge in [-0.15, -0.1) is 0 Å². The van der Waals surface area contributed by atoms with Gasteiger partial charge < -0.3 is 20.3 Å². The van der Waals surface area contributed by atoms with Crippen LogP contribution in [0.4, 0.5) is 0 Å². The molecule has 0 amide bonds. The van der Waals surface area contributed by atoms with Crippen LogP contribution in [-0.4, -0.2) is 29.0 Å². The molecule has 2 heterocycles. The highest BCUT2D eigenvalue weighted by atomic mass is 35.5. The zero-order valence-electron chi connectivity index (χ0n) is 13.8. The quantitative estimate of drug-likeness (QED) is 0.709. The predicted molar refractivity (Wildman–Crippen MR) is 101 cm³/mol. The number of aliphatic hydroxyl groups excluding tert-OH is 1.